The summed E-state index contributed by atoms with van der Waals surface area (Å²) in [6.07, 6.45) is 9.85. The number of nitrogens with zero attached hydrogens (tertiary/aromatic N) is 2. The van der Waals surface area contributed by atoms with Gasteiger partial charge in [0.25, 0.3) is 0 Å². The SMILES string of the molecule is Cn1cc(COC2(CN)CCCCC2)cn1. The molecule has 1 aliphatic carbocycles. The fourth-order valence-corrected chi connectivity index (χ4v) is 2.39. The third-order valence-corrected chi connectivity index (χ3v) is 3.44. The highest BCUT2D eigenvalue weighted by Crippen LogP contribution is 2.31. The van der Waals surface area contributed by atoms with Crippen LogP contribution in [0.15, 0.2) is 12.4 Å². The van der Waals surface area contributed by atoms with E-state index in [1.54, 1.807) is 4.68 Å². The molecule has 0 saturated heterocycles. The Morgan fingerprint density at radius 1 is 1.44 bits per heavy atom. The van der Waals surface area contributed by atoms with Crippen LogP contribution in [0.5, 0.6) is 0 Å². The highest BCUT2D eigenvalue weighted by molar-refractivity contribution is 5.02. The Morgan fingerprint density at radius 2 is 2.19 bits per heavy atom. The van der Waals surface area contributed by atoms with Crippen molar-refractivity contribution in [1.82, 2.24) is 9.78 Å². The molecule has 1 fully saturated rings. The topological polar surface area (TPSA) is 53.1 Å². The van der Waals surface area contributed by atoms with E-state index >= 15 is 0 Å². The van der Waals surface area contributed by atoms with Gasteiger partial charge in [-0.05, 0) is 12.8 Å². The highest BCUT2D eigenvalue weighted by Gasteiger charge is 2.31. The van der Waals surface area contributed by atoms with Crippen molar-refractivity contribution in [2.45, 2.75) is 44.3 Å². The van der Waals surface area contributed by atoms with E-state index in [0.29, 0.717) is 13.2 Å². The van der Waals surface area contributed by atoms with Crippen molar-refractivity contribution < 1.29 is 4.74 Å². The van der Waals surface area contributed by atoms with E-state index in [0.717, 1.165) is 18.4 Å². The molecule has 1 aliphatic rings. The minimum Gasteiger partial charge on any atom is -0.369 e. The molecular weight excluding hydrogens is 202 g/mol. The summed E-state index contributed by atoms with van der Waals surface area (Å²) in [7, 11) is 1.92. The van der Waals surface area contributed by atoms with Gasteiger partial charge in [-0.15, -0.1) is 0 Å². The molecule has 2 N–H and O–H groups in total. The Morgan fingerprint density at radius 3 is 2.75 bits per heavy atom. The summed E-state index contributed by atoms with van der Waals surface area (Å²) in [5.74, 6) is 0. The monoisotopic (exact) mass is 223 g/mol. The zero-order valence-corrected chi connectivity index (χ0v) is 9.98. The third kappa shape index (κ3) is 2.62. The first-order valence-corrected chi connectivity index (χ1v) is 6.06. The predicted molar refractivity (Wildman–Crippen MR) is 62.9 cm³/mol. The number of rotatable bonds is 4. The molecule has 0 amide bonds. The summed E-state index contributed by atoms with van der Waals surface area (Å²) in [4.78, 5) is 0. The molecule has 16 heavy (non-hydrogen) atoms. The molecule has 0 aliphatic heterocycles. The molecule has 0 atom stereocenters. The number of aromatic nitrogens is 2. The predicted octanol–water partition coefficient (Wildman–Crippen LogP) is 1.60. The lowest BCUT2D eigenvalue weighted by Crippen LogP contribution is -2.42. The summed E-state index contributed by atoms with van der Waals surface area (Å²) in [5, 5.41) is 4.13. The first kappa shape index (κ1) is 11.6. The van der Waals surface area contributed by atoms with Crippen molar-refractivity contribution in [3.05, 3.63) is 18.0 Å². The number of aryl methyl sites for hydroxylation is 1. The Labute approximate surface area is 96.8 Å². The van der Waals surface area contributed by atoms with Crippen LogP contribution in [0, 0.1) is 0 Å². The molecule has 0 aromatic carbocycles. The quantitative estimate of drug-likeness (QED) is 0.843. The van der Waals surface area contributed by atoms with Crippen molar-refractivity contribution in [2.75, 3.05) is 6.54 Å². The van der Waals surface area contributed by atoms with E-state index in [2.05, 4.69) is 5.10 Å². The zero-order valence-electron chi connectivity index (χ0n) is 9.98. The molecular formula is C12H21N3O. The maximum Gasteiger partial charge on any atom is 0.0808 e. The van der Waals surface area contributed by atoms with Gasteiger partial charge in [-0.2, -0.15) is 5.10 Å². The minimum absolute atomic E-state index is 0.0753. The van der Waals surface area contributed by atoms with Crippen molar-refractivity contribution >= 4 is 0 Å². The van der Waals surface area contributed by atoms with Gasteiger partial charge in [0.05, 0.1) is 18.4 Å². The summed E-state index contributed by atoms with van der Waals surface area (Å²) < 4.78 is 7.84. The third-order valence-electron chi connectivity index (χ3n) is 3.44. The Bertz CT molecular complexity index is 329. The summed E-state index contributed by atoms with van der Waals surface area (Å²) in [6, 6.07) is 0. The van der Waals surface area contributed by atoms with Crippen LogP contribution in [0.25, 0.3) is 0 Å². The second kappa shape index (κ2) is 4.97. The first-order valence-electron chi connectivity index (χ1n) is 6.06. The number of hydrogen-bond donors (Lipinski definition) is 1. The lowest BCUT2D eigenvalue weighted by atomic mass is 9.84. The van der Waals surface area contributed by atoms with E-state index in [4.69, 9.17) is 10.5 Å². The highest BCUT2D eigenvalue weighted by atomic mass is 16.5. The average Bonchev–Trinajstić information content (AvgIpc) is 2.74. The fourth-order valence-electron chi connectivity index (χ4n) is 2.39. The molecule has 1 heterocycles. The molecule has 2 rings (SSSR count). The maximum atomic E-state index is 6.04. The van der Waals surface area contributed by atoms with Crippen molar-refractivity contribution in [3.8, 4) is 0 Å². The molecule has 0 spiro atoms. The van der Waals surface area contributed by atoms with Crippen LogP contribution in [0.4, 0.5) is 0 Å². The Hall–Kier alpha value is -0.870. The van der Waals surface area contributed by atoms with Crippen LogP contribution in [0.1, 0.15) is 37.7 Å². The zero-order chi connectivity index (χ0) is 11.4. The summed E-state index contributed by atoms with van der Waals surface area (Å²) >= 11 is 0. The maximum absolute atomic E-state index is 6.04. The van der Waals surface area contributed by atoms with Gasteiger partial charge >= 0.3 is 0 Å². The number of ether oxygens (including phenoxy) is 1. The van der Waals surface area contributed by atoms with Gasteiger partial charge in [0.1, 0.15) is 0 Å². The van der Waals surface area contributed by atoms with Gasteiger partial charge < -0.3 is 10.5 Å². The van der Waals surface area contributed by atoms with E-state index < -0.39 is 0 Å². The van der Waals surface area contributed by atoms with Gasteiger partial charge in [0.2, 0.25) is 0 Å². The molecule has 90 valence electrons. The molecule has 0 radical (unpaired) electrons. The second-order valence-electron chi connectivity index (χ2n) is 4.76. The van der Waals surface area contributed by atoms with Crippen LogP contribution < -0.4 is 5.73 Å². The van der Waals surface area contributed by atoms with E-state index in [1.165, 1.54) is 19.3 Å². The summed E-state index contributed by atoms with van der Waals surface area (Å²) in [6.45, 7) is 1.26. The number of nitrogens with two attached hydrogens (primary N) is 1. The van der Waals surface area contributed by atoms with Crippen LogP contribution in [-0.2, 0) is 18.4 Å². The molecule has 1 saturated carbocycles. The van der Waals surface area contributed by atoms with Gasteiger partial charge in [-0.1, -0.05) is 19.3 Å². The molecule has 1 aromatic rings. The summed E-state index contributed by atoms with van der Waals surface area (Å²) in [5.41, 5.74) is 6.91. The second-order valence-corrected chi connectivity index (χ2v) is 4.76. The molecule has 0 bridgehead atoms. The fraction of sp³-hybridized carbons (Fsp3) is 0.750. The van der Waals surface area contributed by atoms with Crippen molar-refractivity contribution in [2.24, 2.45) is 12.8 Å². The normalized spacial score (nSPS) is 19.9. The van der Waals surface area contributed by atoms with Crippen molar-refractivity contribution in [3.63, 3.8) is 0 Å². The van der Waals surface area contributed by atoms with Crippen LogP contribution >= 0.6 is 0 Å². The number of hydrogen-bond acceptors (Lipinski definition) is 3. The van der Waals surface area contributed by atoms with Gasteiger partial charge in [-0.25, -0.2) is 0 Å². The standard InChI is InChI=1S/C12H21N3O/c1-15-8-11(7-14-15)9-16-12(10-13)5-3-2-4-6-12/h7-8H,2-6,9-10,13H2,1H3. The Balaban J connectivity index is 1.91. The van der Waals surface area contributed by atoms with Crippen LogP contribution in [0.2, 0.25) is 0 Å². The molecule has 4 nitrogen and oxygen atoms in total. The minimum atomic E-state index is -0.0753. The first-order chi connectivity index (χ1) is 7.74. The van der Waals surface area contributed by atoms with Gasteiger partial charge in [-0.3, -0.25) is 4.68 Å². The Kier molecular flexibility index (Phi) is 3.61. The van der Waals surface area contributed by atoms with Gasteiger partial charge in [0, 0.05) is 25.4 Å². The smallest absolute Gasteiger partial charge is 0.0808 e. The lowest BCUT2D eigenvalue weighted by molar-refractivity contribution is -0.0733. The van der Waals surface area contributed by atoms with Gasteiger partial charge in [0.15, 0.2) is 0 Å². The molecule has 0 unspecified atom stereocenters. The van der Waals surface area contributed by atoms with E-state index in [-0.39, 0.29) is 5.60 Å². The van der Waals surface area contributed by atoms with E-state index in [9.17, 15) is 0 Å². The van der Waals surface area contributed by atoms with E-state index in [1.807, 2.05) is 19.4 Å². The lowest BCUT2D eigenvalue weighted by Gasteiger charge is -2.36. The molecule has 1 aromatic heterocycles. The molecule has 4 heteroatoms. The average molecular weight is 223 g/mol. The van der Waals surface area contributed by atoms with Crippen LogP contribution in [-0.4, -0.2) is 21.9 Å². The van der Waals surface area contributed by atoms with Crippen LogP contribution in [0.3, 0.4) is 0 Å². The van der Waals surface area contributed by atoms with Crippen molar-refractivity contribution in [1.29, 1.82) is 0 Å². The largest absolute Gasteiger partial charge is 0.369 e.